The molecule has 1 atom stereocenters. The molecule has 212 valence electrons. The maximum absolute atomic E-state index is 14.5. The van der Waals surface area contributed by atoms with Crippen molar-refractivity contribution >= 4 is 28.9 Å². The number of nitrogen functional groups attached to an aromatic ring is 1. The van der Waals surface area contributed by atoms with Gasteiger partial charge in [-0.1, -0.05) is 30.3 Å². The molecule has 8 nitrogen and oxygen atoms in total. The topological polar surface area (TPSA) is 110 Å². The van der Waals surface area contributed by atoms with Gasteiger partial charge in [0.1, 0.15) is 11.3 Å². The van der Waals surface area contributed by atoms with Crippen LogP contribution in [0.2, 0.25) is 0 Å². The van der Waals surface area contributed by atoms with E-state index in [1.165, 1.54) is 0 Å². The molecule has 2 heterocycles. The van der Waals surface area contributed by atoms with E-state index in [2.05, 4.69) is 15.3 Å². The number of nitrogens with one attached hydrogen (secondary N) is 1. The lowest BCUT2D eigenvalue weighted by Gasteiger charge is -2.22. The number of carbonyl (C=O) groups is 2. The molecule has 5 rings (SSSR count). The lowest BCUT2D eigenvalue weighted by atomic mass is 9.94. The van der Waals surface area contributed by atoms with E-state index >= 15 is 0 Å². The summed E-state index contributed by atoms with van der Waals surface area (Å²) in [6.07, 6.45) is -0.415. The van der Waals surface area contributed by atoms with Crippen molar-refractivity contribution in [3.63, 3.8) is 0 Å². The SMILES string of the molecule is CC(Cc1cc(F)c(F)cc1-c1ccc2nc(N)nc(C(=O)N3Cc4ccccc4C3)c2c1)NC(=O)OC(C)(C)C. The average Bonchev–Trinajstić information content (AvgIpc) is 3.33. The molecule has 0 fully saturated rings. The number of benzene rings is 3. The molecule has 10 heteroatoms. The number of nitrogens with two attached hydrogens (primary N) is 1. The second-order valence-electron chi connectivity index (χ2n) is 11.3. The Morgan fingerprint density at radius 2 is 1.68 bits per heavy atom. The van der Waals surface area contributed by atoms with Gasteiger partial charge in [-0.15, -0.1) is 0 Å². The van der Waals surface area contributed by atoms with Crippen LogP contribution in [-0.2, 0) is 24.2 Å². The largest absolute Gasteiger partial charge is 0.444 e. The minimum Gasteiger partial charge on any atom is -0.444 e. The summed E-state index contributed by atoms with van der Waals surface area (Å²) >= 11 is 0. The molecule has 4 aromatic rings. The Morgan fingerprint density at radius 1 is 1.02 bits per heavy atom. The summed E-state index contributed by atoms with van der Waals surface area (Å²) in [4.78, 5) is 36.2. The van der Waals surface area contributed by atoms with Crippen molar-refractivity contribution in [2.45, 2.75) is 58.8 Å². The first-order valence-electron chi connectivity index (χ1n) is 13.3. The third-order valence-corrected chi connectivity index (χ3v) is 6.79. The highest BCUT2D eigenvalue weighted by molar-refractivity contribution is 6.06. The highest BCUT2D eigenvalue weighted by atomic mass is 19.2. The van der Waals surface area contributed by atoms with Crippen molar-refractivity contribution in [3.8, 4) is 11.1 Å². The molecular formula is C31H31F2N5O3. The number of rotatable bonds is 5. The fourth-order valence-corrected chi connectivity index (χ4v) is 5.02. The van der Waals surface area contributed by atoms with E-state index in [0.29, 0.717) is 40.7 Å². The number of ether oxygens (including phenoxy) is 1. The summed E-state index contributed by atoms with van der Waals surface area (Å²) in [7, 11) is 0. The smallest absolute Gasteiger partial charge is 0.407 e. The van der Waals surface area contributed by atoms with Crippen LogP contribution in [0.3, 0.4) is 0 Å². The number of carbonyl (C=O) groups excluding carboxylic acids is 2. The molecule has 3 aromatic carbocycles. The molecule has 1 aromatic heterocycles. The van der Waals surface area contributed by atoms with Gasteiger partial charge in [-0.3, -0.25) is 4.79 Å². The first-order valence-corrected chi connectivity index (χ1v) is 13.3. The molecule has 2 amide bonds. The number of hydrogen-bond acceptors (Lipinski definition) is 6. The van der Waals surface area contributed by atoms with E-state index in [4.69, 9.17) is 10.5 Å². The molecule has 1 aliphatic rings. The van der Waals surface area contributed by atoms with Crippen molar-refractivity contribution in [2.75, 3.05) is 5.73 Å². The Labute approximate surface area is 236 Å². The minimum absolute atomic E-state index is 0.0409. The number of amides is 2. The molecule has 1 aliphatic heterocycles. The summed E-state index contributed by atoms with van der Waals surface area (Å²) in [6, 6.07) is 14.7. The fourth-order valence-electron chi connectivity index (χ4n) is 5.02. The summed E-state index contributed by atoms with van der Waals surface area (Å²) < 4.78 is 34.2. The zero-order valence-corrected chi connectivity index (χ0v) is 23.3. The molecule has 0 saturated carbocycles. The van der Waals surface area contributed by atoms with Crippen LogP contribution in [0.25, 0.3) is 22.0 Å². The molecule has 0 bridgehead atoms. The van der Waals surface area contributed by atoms with Gasteiger partial charge < -0.3 is 20.7 Å². The lowest BCUT2D eigenvalue weighted by molar-refractivity contribution is 0.0508. The minimum atomic E-state index is -1.02. The molecule has 1 unspecified atom stereocenters. The number of alkyl carbamates (subject to hydrolysis) is 1. The van der Waals surface area contributed by atoms with Gasteiger partial charge in [0.05, 0.1) is 5.52 Å². The Hall–Kier alpha value is -4.60. The quantitative estimate of drug-likeness (QED) is 0.321. The third-order valence-electron chi connectivity index (χ3n) is 6.79. The van der Waals surface area contributed by atoms with Crippen LogP contribution in [0.1, 0.15) is 54.9 Å². The van der Waals surface area contributed by atoms with Gasteiger partial charge in [0, 0.05) is 24.5 Å². The monoisotopic (exact) mass is 559 g/mol. The summed E-state index contributed by atoms with van der Waals surface area (Å²) in [6.45, 7) is 7.89. The van der Waals surface area contributed by atoms with Gasteiger partial charge in [-0.25, -0.2) is 23.5 Å². The maximum Gasteiger partial charge on any atom is 0.407 e. The van der Waals surface area contributed by atoms with Gasteiger partial charge >= 0.3 is 6.09 Å². The van der Waals surface area contributed by atoms with Crippen LogP contribution in [-0.4, -0.2) is 38.5 Å². The van der Waals surface area contributed by atoms with E-state index in [9.17, 15) is 18.4 Å². The maximum atomic E-state index is 14.5. The van der Waals surface area contributed by atoms with E-state index in [0.717, 1.165) is 23.3 Å². The van der Waals surface area contributed by atoms with E-state index < -0.39 is 29.4 Å². The molecule has 0 radical (unpaired) electrons. The second kappa shape index (κ2) is 10.8. The number of aromatic nitrogens is 2. The standard InChI is InChI=1S/C31H31F2N5O3/c1-17(35-30(40)41-31(2,3)4)11-21-13-24(32)25(33)14-22(21)18-9-10-26-23(12-18)27(37-29(34)36-26)28(39)38-15-19-7-5-6-8-20(19)16-38/h5-10,12-14,17H,11,15-16H2,1-4H3,(H,35,40)(H2,34,36,37). The van der Waals surface area contributed by atoms with E-state index in [-0.39, 0.29) is 24.0 Å². The Balaban J connectivity index is 1.50. The summed E-state index contributed by atoms with van der Waals surface area (Å²) in [5.74, 6) is -2.37. The van der Waals surface area contributed by atoms with Crippen LogP contribution >= 0.6 is 0 Å². The van der Waals surface area contributed by atoms with Gasteiger partial charge in [0.25, 0.3) is 5.91 Å². The van der Waals surface area contributed by atoms with E-state index in [1.807, 2.05) is 24.3 Å². The molecule has 41 heavy (non-hydrogen) atoms. The number of hydrogen-bond donors (Lipinski definition) is 2. The lowest BCUT2D eigenvalue weighted by Crippen LogP contribution is -2.38. The van der Waals surface area contributed by atoms with Crippen LogP contribution in [0.5, 0.6) is 0 Å². The number of fused-ring (bicyclic) bond motifs is 2. The molecule has 3 N–H and O–H groups in total. The summed E-state index contributed by atoms with van der Waals surface area (Å²) in [5, 5.41) is 3.17. The van der Waals surface area contributed by atoms with Gasteiger partial charge in [-0.05, 0) is 86.2 Å². The summed E-state index contributed by atoms with van der Waals surface area (Å²) in [5.41, 5.74) is 9.39. The highest BCUT2D eigenvalue weighted by Gasteiger charge is 2.27. The van der Waals surface area contributed by atoms with Gasteiger partial charge in [-0.2, -0.15) is 0 Å². The zero-order chi connectivity index (χ0) is 29.5. The Morgan fingerprint density at radius 3 is 2.34 bits per heavy atom. The Bertz CT molecular complexity index is 1640. The first-order chi connectivity index (χ1) is 19.4. The average molecular weight is 560 g/mol. The van der Waals surface area contributed by atoms with Crippen LogP contribution < -0.4 is 11.1 Å². The van der Waals surface area contributed by atoms with Crippen LogP contribution in [0, 0.1) is 11.6 Å². The molecule has 0 saturated heterocycles. The second-order valence-corrected chi connectivity index (χ2v) is 11.3. The van der Waals surface area contributed by atoms with Gasteiger partial charge in [0.15, 0.2) is 11.6 Å². The molecular weight excluding hydrogens is 528 g/mol. The van der Waals surface area contributed by atoms with Crippen molar-refractivity contribution in [2.24, 2.45) is 0 Å². The predicted octanol–water partition coefficient (Wildman–Crippen LogP) is 5.77. The zero-order valence-electron chi connectivity index (χ0n) is 23.3. The Kier molecular flexibility index (Phi) is 7.33. The predicted molar refractivity (Wildman–Crippen MR) is 152 cm³/mol. The van der Waals surface area contributed by atoms with Crippen molar-refractivity contribution < 1.29 is 23.1 Å². The number of nitrogens with zero attached hydrogens (tertiary/aromatic N) is 3. The van der Waals surface area contributed by atoms with Crippen LogP contribution in [0.4, 0.5) is 19.5 Å². The van der Waals surface area contributed by atoms with E-state index in [1.54, 1.807) is 50.8 Å². The number of halogens is 2. The van der Waals surface area contributed by atoms with Crippen molar-refractivity contribution in [1.82, 2.24) is 20.2 Å². The van der Waals surface area contributed by atoms with Crippen molar-refractivity contribution in [1.29, 1.82) is 0 Å². The van der Waals surface area contributed by atoms with Crippen LogP contribution in [0.15, 0.2) is 54.6 Å². The number of anilines is 1. The van der Waals surface area contributed by atoms with Crippen molar-refractivity contribution in [3.05, 3.63) is 88.6 Å². The molecule has 0 aliphatic carbocycles. The van der Waals surface area contributed by atoms with Gasteiger partial charge in [0.2, 0.25) is 5.95 Å². The fraction of sp³-hybridized carbons (Fsp3) is 0.290. The normalized spacial score (nSPS) is 13.7. The molecule has 0 spiro atoms. The third kappa shape index (κ3) is 6.11. The first kappa shape index (κ1) is 27.9. The highest BCUT2D eigenvalue weighted by Crippen LogP contribution is 2.32.